The number of nitrogens with zero attached hydrogens (tertiary/aromatic N) is 1. The maximum atomic E-state index is 12.9. The lowest BCUT2D eigenvalue weighted by molar-refractivity contribution is -0.161. The number of methoxy groups -OCH3 is 2. The highest BCUT2D eigenvalue weighted by Crippen LogP contribution is 2.44. The van der Waals surface area contributed by atoms with Crippen molar-refractivity contribution in [1.29, 1.82) is 0 Å². The van der Waals surface area contributed by atoms with Crippen molar-refractivity contribution in [3.05, 3.63) is 11.1 Å². The molecule has 1 saturated heterocycles. The Labute approximate surface area is 202 Å². The Kier molecular flexibility index (Phi) is 7.84. The van der Waals surface area contributed by atoms with Gasteiger partial charge in [-0.1, -0.05) is 27.7 Å². The van der Waals surface area contributed by atoms with Gasteiger partial charge in [0.2, 0.25) is 0 Å². The fourth-order valence-electron chi connectivity index (χ4n) is 6.14. The molecule has 2 aliphatic heterocycles. The molecule has 6 nitrogen and oxygen atoms in total. The van der Waals surface area contributed by atoms with E-state index in [1.807, 2.05) is 13.8 Å². The number of carbonyl (C=O) groups excluding carboxylic acids is 1. The Bertz CT molecular complexity index is 895. The maximum Gasteiger partial charge on any atom is 0.323 e. The van der Waals surface area contributed by atoms with Crippen molar-refractivity contribution >= 4 is 40.4 Å². The molecule has 9 heteroatoms. The Morgan fingerprint density at radius 3 is 2.30 bits per heavy atom. The molecule has 0 aliphatic carbocycles. The van der Waals surface area contributed by atoms with E-state index >= 15 is 0 Å². The van der Waals surface area contributed by atoms with Crippen LogP contribution >= 0.6 is 0 Å². The molecule has 1 fully saturated rings. The number of hydrogen-bond acceptors (Lipinski definition) is 6. The van der Waals surface area contributed by atoms with E-state index in [4.69, 9.17) is 19.9 Å². The predicted molar refractivity (Wildman–Crippen MR) is 142 cm³/mol. The van der Waals surface area contributed by atoms with Crippen LogP contribution in [0.5, 0.6) is 11.5 Å². The smallest absolute Gasteiger partial charge is 0.323 e. The average molecular weight is 454 g/mol. The summed E-state index contributed by atoms with van der Waals surface area (Å²) in [7, 11) is 9.97. The second-order valence-corrected chi connectivity index (χ2v) is 11.0. The molecule has 0 spiro atoms. The molecule has 0 bridgehead atoms. The van der Waals surface area contributed by atoms with Gasteiger partial charge < -0.3 is 24.8 Å². The minimum Gasteiger partial charge on any atom is -0.493 e. The number of rotatable bonds is 7. The van der Waals surface area contributed by atoms with Crippen LogP contribution < -0.4 is 26.1 Å². The monoisotopic (exact) mass is 454 g/mol. The largest absolute Gasteiger partial charge is 0.493 e. The fourth-order valence-corrected chi connectivity index (χ4v) is 6.14. The van der Waals surface area contributed by atoms with Gasteiger partial charge >= 0.3 is 5.97 Å². The first-order chi connectivity index (χ1) is 15.5. The SMILES string of the molecule is Bc1c2c(c(B)c(OC)c1OC)C1(B)CC(OC(=O)[C@@H](N)C(C)C)C(CC(C)C)CN1CC2. The van der Waals surface area contributed by atoms with Gasteiger partial charge in [-0.3, -0.25) is 4.79 Å². The van der Waals surface area contributed by atoms with Crippen LogP contribution in [-0.4, -0.2) is 73.9 Å². The number of benzene rings is 1. The molecule has 4 atom stereocenters. The van der Waals surface area contributed by atoms with Crippen LogP contribution in [0.15, 0.2) is 0 Å². The summed E-state index contributed by atoms with van der Waals surface area (Å²) in [6, 6.07) is -0.595. The minimum absolute atomic E-state index is 0.0498. The van der Waals surface area contributed by atoms with E-state index in [1.165, 1.54) is 11.1 Å². The topological polar surface area (TPSA) is 74.0 Å². The second kappa shape index (κ2) is 9.95. The van der Waals surface area contributed by atoms with Crippen molar-refractivity contribution in [2.75, 3.05) is 27.3 Å². The molecule has 2 N–H and O–H groups in total. The van der Waals surface area contributed by atoms with Crippen molar-refractivity contribution in [2.24, 2.45) is 23.5 Å². The third-order valence-corrected chi connectivity index (χ3v) is 7.90. The molecule has 1 aromatic carbocycles. The quantitative estimate of drug-likeness (QED) is 0.414. The summed E-state index contributed by atoms with van der Waals surface area (Å²) < 4.78 is 17.7. The van der Waals surface area contributed by atoms with Crippen LogP contribution in [0.25, 0.3) is 0 Å². The maximum absolute atomic E-state index is 12.9. The molecule has 180 valence electrons. The van der Waals surface area contributed by atoms with Crippen molar-refractivity contribution in [2.45, 2.75) is 64.5 Å². The lowest BCUT2D eigenvalue weighted by atomic mass is 9.56. The molecule has 3 rings (SSSR count). The first-order valence-corrected chi connectivity index (χ1v) is 12.4. The standard InChI is InChI=1S/C24H41B3N2O4/c1-12(2)9-14-11-29-8-7-15-17(19(26)22(32-6)21(31-5)18(15)25)24(29,27)10-16(14)33-23(30)20(28)13(3)4/h12-14,16,20H,7-11,25-28H2,1-6H3/t14?,16?,20-,24?/m0/s1. The van der Waals surface area contributed by atoms with E-state index in [-0.39, 0.29) is 23.4 Å². The summed E-state index contributed by atoms with van der Waals surface area (Å²) in [5, 5.41) is 0. The van der Waals surface area contributed by atoms with E-state index in [1.54, 1.807) is 14.2 Å². The fraction of sp³-hybridized carbons (Fsp3) is 0.708. The molecular formula is C24H41B3N2O4. The second-order valence-electron chi connectivity index (χ2n) is 11.0. The summed E-state index contributed by atoms with van der Waals surface area (Å²) in [6.45, 7) is 10.3. The number of ether oxygens (including phenoxy) is 3. The van der Waals surface area contributed by atoms with Crippen molar-refractivity contribution < 1.29 is 19.0 Å². The van der Waals surface area contributed by atoms with Gasteiger partial charge in [-0.15, -0.1) is 0 Å². The molecule has 2 aliphatic rings. The lowest BCUT2D eigenvalue weighted by Gasteiger charge is -2.55. The van der Waals surface area contributed by atoms with Gasteiger partial charge in [0.15, 0.2) is 11.5 Å². The number of hydrogen-bond donors (Lipinski definition) is 1. The number of esters is 1. The van der Waals surface area contributed by atoms with Gasteiger partial charge in [0, 0.05) is 24.4 Å². The van der Waals surface area contributed by atoms with Gasteiger partial charge in [-0.05, 0) is 53.2 Å². The number of piperidine rings is 1. The molecule has 0 amide bonds. The van der Waals surface area contributed by atoms with Crippen LogP contribution in [0.1, 0.15) is 51.7 Å². The Balaban J connectivity index is 2.06. The summed E-state index contributed by atoms with van der Waals surface area (Å²) in [5.74, 6) is 2.22. The van der Waals surface area contributed by atoms with E-state index in [9.17, 15) is 4.79 Å². The minimum atomic E-state index is -0.595. The summed E-state index contributed by atoms with van der Waals surface area (Å²) in [6.07, 6.45) is 2.60. The zero-order valence-electron chi connectivity index (χ0n) is 22.1. The highest BCUT2D eigenvalue weighted by atomic mass is 16.5. The molecule has 0 saturated carbocycles. The molecular weight excluding hydrogens is 413 g/mol. The highest BCUT2D eigenvalue weighted by molar-refractivity contribution is 6.42. The van der Waals surface area contributed by atoms with E-state index < -0.39 is 6.04 Å². The van der Waals surface area contributed by atoms with Crippen LogP contribution in [0.3, 0.4) is 0 Å². The zero-order chi connectivity index (χ0) is 24.7. The number of carbonyl (C=O) groups is 1. The third-order valence-electron chi connectivity index (χ3n) is 7.90. The molecule has 1 aromatic rings. The van der Waals surface area contributed by atoms with Gasteiger partial charge in [-0.2, -0.15) is 0 Å². The molecule has 0 radical (unpaired) electrons. The normalized spacial score (nSPS) is 26.0. The third kappa shape index (κ3) is 4.68. The van der Waals surface area contributed by atoms with Gasteiger partial charge in [0.05, 0.1) is 14.2 Å². The van der Waals surface area contributed by atoms with Crippen LogP contribution in [0, 0.1) is 17.8 Å². The molecule has 33 heavy (non-hydrogen) atoms. The van der Waals surface area contributed by atoms with Gasteiger partial charge in [0.25, 0.3) is 0 Å². The van der Waals surface area contributed by atoms with E-state index in [2.05, 4.69) is 42.3 Å². The summed E-state index contributed by atoms with van der Waals surface area (Å²) >= 11 is 0. The van der Waals surface area contributed by atoms with Crippen LogP contribution in [0.2, 0.25) is 0 Å². The van der Waals surface area contributed by atoms with Crippen molar-refractivity contribution in [3.63, 3.8) is 0 Å². The number of fused-ring (bicyclic) bond motifs is 3. The van der Waals surface area contributed by atoms with Gasteiger partial charge in [0.1, 0.15) is 35.7 Å². The molecule has 0 aromatic heterocycles. The van der Waals surface area contributed by atoms with Gasteiger partial charge in [-0.25, -0.2) is 0 Å². The Morgan fingerprint density at radius 1 is 1.15 bits per heavy atom. The van der Waals surface area contributed by atoms with Crippen LogP contribution in [0.4, 0.5) is 0 Å². The summed E-state index contributed by atoms with van der Waals surface area (Å²) in [5.41, 5.74) is 10.8. The Morgan fingerprint density at radius 2 is 1.76 bits per heavy atom. The number of nitrogens with two attached hydrogens (primary N) is 1. The molecule has 3 unspecified atom stereocenters. The predicted octanol–water partition coefficient (Wildman–Crippen LogP) is -1.17. The van der Waals surface area contributed by atoms with Crippen LogP contribution in [-0.2, 0) is 21.4 Å². The zero-order valence-corrected chi connectivity index (χ0v) is 22.1. The van der Waals surface area contributed by atoms with Crippen molar-refractivity contribution in [1.82, 2.24) is 4.90 Å². The van der Waals surface area contributed by atoms with E-state index in [0.717, 1.165) is 54.8 Å². The molecule has 2 heterocycles. The van der Waals surface area contributed by atoms with Crippen molar-refractivity contribution in [3.8, 4) is 11.5 Å². The highest BCUT2D eigenvalue weighted by Gasteiger charge is 2.49. The first kappa shape index (κ1) is 26.0. The van der Waals surface area contributed by atoms with E-state index in [0.29, 0.717) is 11.8 Å². The summed E-state index contributed by atoms with van der Waals surface area (Å²) in [4.78, 5) is 15.5. The lowest BCUT2D eigenvalue weighted by Crippen LogP contribution is -2.63. The first-order valence-electron chi connectivity index (χ1n) is 12.4. The average Bonchev–Trinajstić information content (AvgIpc) is 2.74. The Hall–Kier alpha value is -1.60.